The summed E-state index contributed by atoms with van der Waals surface area (Å²) in [6, 6.07) is 16.6. The summed E-state index contributed by atoms with van der Waals surface area (Å²) in [5.74, 6) is -1.59. The maximum Gasteiger partial charge on any atom is 0.243 e. The van der Waals surface area contributed by atoms with Crippen LogP contribution in [0.4, 0.5) is 0 Å². The van der Waals surface area contributed by atoms with Crippen molar-refractivity contribution in [1.82, 2.24) is 5.01 Å². The van der Waals surface area contributed by atoms with Crippen LogP contribution < -0.4 is 5.11 Å². The van der Waals surface area contributed by atoms with Crippen LogP contribution in [0.25, 0.3) is 0 Å². The van der Waals surface area contributed by atoms with Crippen LogP contribution in [0.1, 0.15) is 36.4 Å². The van der Waals surface area contributed by atoms with Crippen molar-refractivity contribution in [2.45, 2.75) is 25.3 Å². The first-order chi connectivity index (χ1) is 12.0. The molecule has 0 saturated carbocycles. The summed E-state index contributed by atoms with van der Waals surface area (Å²) >= 11 is 5.95. The van der Waals surface area contributed by atoms with Gasteiger partial charge in [0.2, 0.25) is 5.91 Å². The second-order valence-electron chi connectivity index (χ2n) is 5.79. The molecule has 0 fully saturated rings. The first kappa shape index (κ1) is 17.2. The van der Waals surface area contributed by atoms with Crippen molar-refractivity contribution in [3.63, 3.8) is 0 Å². The van der Waals surface area contributed by atoms with Gasteiger partial charge in [-0.15, -0.1) is 0 Å². The topological polar surface area (TPSA) is 72.8 Å². The summed E-state index contributed by atoms with van der Waals surface area (Å²) in [5, 5.41) is 17.1. The highest BCUT2D eigenvalue weighted by atomic mass is 35.5. The summed E-state index contributed by atoms with van der Waals surface area (Å²) in [5.41, 5.74) is 2.64. The molecule has 1 heterocycles. The molecule has 1 amide bonds. The molecule has 0 unspecified atom stereocenters. The normalized spacial score (nSPS) is 16.6. The highest BCUT2D eigenvalue weighted by Gasteiger charge is 2.32. The molecular weight excluding hydrogens is 340 g/mol. The fraction of sp³-hybridized carbons (Fsp3) is 0.211. The maximum atomic E-state index is 12.5. The Morgan fingerprint density at radius 3 is 2.40 bits per heavy atom. The third-order valence-electron chi connectivity index (χ3n) is 4.07. The van der Waals surface area contributed by atoms with Crippen LogP contribution in [0.5, 0.6) is 0 Å². The van der Waals surface area contributed by atoms with Crippen molar-refractivity contribution in [1.29, 1.82) is 0 Å². The van der Waals surface area contributed by atoms with Crippen LogP contribution in [0.3, 0.4) is 0 Å². The standard InChI is InChI=1S/C19H17ClN2O3/c20-15-8-6-14(7-9-15)17-12-16(13-4-2-1-3-5-13)21-22(17)18(23)10-11-19(24)25/h1-9,17H,10-12H2,(H,24,25)/p-1/t17-/m1/s1. The monoisotopic (exact) mass is 355 g/mol. The Hall–Kier alpha value is -2.66. The molecule has 1 aliphatic heterocycles. The number of carbonyl (C=O) groups excluding carboxylic acids is 2. The van der Waals surface area contributed by atoms with E-state index in [2.05, 4.69) is 5.10 Å². The number of carboxylic acid groups (broad SMARTS) is 1. The predicted octanol–water partition coefficient (Wildman–Crippen LogP) is 2.55. The Kier molecular flexibility index (Phi) is 5.14. The molecule has 128 valence electrons. The number of aliphatic carboxylic acids is 1. The van der Waals surface area contributed by atoms with Crippen molar-refractivity contribution < 1.29 is 14.7 Å². The molecule has 0 aliphatic carbocycles. The Labute approximate surface area is 150 Å². The van der Waals surface area contributed by atoms with Crippen molar-refractivity contribution in [2.24, 2.45) is 5.10 Å². The van der Waals surface area contributed by atoms with Gasteiger partial charge in [-0.25, -0.2) is 5.01 Å². The number of hydrogen-bond donors (Lipinski definition) is 0. The van der Waals surface area contributed by atoms with E-state index in [1.807, 2.05) is 42.5 Å². The average molecular weight is 356 g/mol. The number of rotatable bonds is 5. The van der Waals surface area contributed by atoms with Crippen molar-refractivity contribution >= 4 is 29.2 Å². The molecule has 3 rings (SSSR count). The Morgan fingerprint density at radius 2 is 1.76 bits per heavy atom. The second kappa shape index (κ2) is 7.49. The molecule has 0 saturated heterocycles. The molecule has 0 N–H and O–H groups in total. The van der Waals surface area contributed by atoms with Crippen molar-refractivity contribution in [3.8, 4) is 0 Å². The first-order valence-corrected chi connectivity index (χ1v) is 8.32. The lowest BCUT2D eigenvalue weighted by Gasteiger charge is -2.22. The molecule has 6 heteroatoms. The second-order valence-corrected chi connectivity index (χ2v) is 6.23. The molecule has 1 atom stereocenters. The number of hydrazone groups is 1. The van der Waals surface area contributed by atoms with Gasteiger partial charge in [-0.3, -0.25) is 4.79 Å². The molecular formula is C19H16ClN2O3-. The van der Waals surface area contributed by atoms with Gasteiger partial charge >= 0.3 is 0 Å². The fourth-order valence-corrected chi connectivity index (χ4v) is 2.94. The molecule has 0 spiro atoms. The fourth-order valence-electron chi connectivity index (χ4n) is 2.81. The summed E-state index contributed by atoms with van der Waals surface area (Å²) in [6.07, 6.45) is 0.0968. The summed E-state index contributed by atoms with van der Waals surface area (Å²) in [7, 11) is 0. The quantitative estimate of drug-likeness (QED) is 0.827. The van der Waals surface area contributed by atoms with Gasteiger partial charge in [0.05, 0.1) is 11.8 Å². The number of nitrogens with zero attached hydrogens (tertiary/aromatic N) is 2. The third-order valence-corrected chi connectivity index (χ3v) is 4.32. The predicted molar refractivity (Wildman–Crippen MR) is 92.9 cm³/mol. The van der Waals surface area contributed by atoms with E-state index in [1.165, 1.54) is 5.01 Å². The van der Waals surface area contributed by atoms with Crippen molar-refractivity contribution in [2.75, 3.05) is 0 Å². The van der Waals surface area contributed by atoms with E-state index < -0.39 is 5.97 Å². The third kappa shape index (κ3) is 4.06. The molecule has 1 aliphatic rings. The van der Waals surface area contributed by atoms with Crippen LogP contribution >= 0.6 is 11.6 Å². The Bertz CT molecular complexity index is 803. The van der Waals surface area contributed by atoms with E-state index in [-0.39, 0.29) is 24.8 Å². The van der Waals surface area contributed by atoms with Crippen LogP contribution in [-0.4, -0.2) is 22.6 Å². The van der Waals surface area contributed by atoms with Gasteiger partial charge in [0.1, 0.15) is 0 Å². The summed E-state index contributed by atoms with van der Waals surface area (Å²) < 4.78 is 0. The molecule has 2 aromatic rings. The van der Waals surface area contributed by atoms with Gasteiger partial charge in [0.15, 0.2) is 0 Å². The summed E-state index contributed by atoms with van der Waals surface area (Å²) in [4.78, 5) is 23.1. The number of halogens is 1. The first-order valence-electron chi connectivity index (χ1n) is 7.95. The van der Waals surface area contributed by atoms with Gasteiger partial charge in [-0.2, -0.15) is 5.10 Å². The number of amides is 1. The van der Waals surface area contributed by atoms with Gasteiger partial charge in [0.25, 0.3) is 0 Å². The molecule has 5 nitrogen and oxygen atoms in total. The van der Waals surface area contributed by atoms with E-state index in [9.17, 15) is 14.7 Å². The minimum Gasteiger partial charge on any atom is -0.550 e. The van der Waals surface area contributed by atoms with Crippen LogP contribution in [0.2, 0.25) is 5.02 Å². The largest absolute Gasteiger partial charge is 0.550 e. The number of carbonyl (C=O) groups is 2. The zero-order chi connectivity index (χ0) is 17.8. The van der Waals surface area contributed by atoms with E-state index >= 15 is 0 Å². The van der Waals surface area contributed by atoms with E-state index in [4.69, 9.17) is 11.6 Å². The van der Waals surface area contributed by atoms with Crippen LogP contribution in [0.15, 0.2) is 59.7 Å². The number of hydrogen-bond acceptors (Lipinski definition) is 4. The number of carboxylic acids is 1. The lowest BCUT2D eigenvalue weighted by Crippen LogP contribution is -2.29. The Balaban J connectivity index is 1.89. The van der Waals surface area contributed by atoms with E-state index in [0.29, 0.717) is 11.4 Å². The van der Waals surface area contributed by atoms with Gasteiger partial charge in [-0.1, -0.05) is 54.1 Å². The van der Waals surface area contributed by atoms with Crippen molar-refractivity contribution in [3.05, 3.63) is 70.7 Å². The lowest BCUT2D eigenvalue weighted by molar-refractivity contribution is -0.305. The SMILES string of the molecule is O=C([O-])CCC(=O)N1N=C(c2ccccc2)C[C@@H]1c1ccc(Cl)cc1. The molecule has 0 aromatic heterocycles. The van der Waals surface area contributed by atoms with Gasteiger partial charge in [0, 0.05) is 23.8 Å². The highest BCUT2D eigenvalue weighted by Crippen LogP contribution is 2.33. The minimum atomic E-state index is -1.25. The Morgan fingerprint density at radius 1 is 1.08 bits per heavy atom. The molecule has 0 radical (unpaired) electrons. The smallest absolute Gasteiger partial charge is 0.243 e. The van der Waals surface area contributed by atoms with Gasteiger partial charge in [-0.05, 0) is 29.7 Å². The number of benzene rings is 2. The maximum absolute atomic E-state index is 12.5. The zero-order valence-electron chi connectivity index (χ0n) is 13.4. The van der Waals surface area contributed by atoms with Crippen LogP contribution in [-0.2, 0) is 9.59 Å². The molecule has 2 aromatic carbocycles. The molecule has 25 heavy (non-hydrogen) atoms. The van der Waals surface area contributed by atoms with Gasteiger partial charge < -0.3 is 9.90 Å². The lowest BCUT2D eigenvalue weighted by atomic mass is 9.98. The zero-order valence-corrected chi connectivity index (χ0v) is 14.1. The summed E-state index contributed by atoms with van der Waals surface area (Å²) in [6.45, 7) is 0. The molecule has 0 bridgehead atoms. The highest BCUT2D eigenvalue weighted by molar-refractivity contribution is 6.30. The average Bonchev–Trinajstić information content (AvgIpc) is 3.06. The van der Waals surface area contributed by atoms with E-state index in [1.54, 1.807) is 12.1 Å². The van der Waals surface area contributed by atoms with E-state index in [0.717, 1.165) is 16.8 Å². The van der Waals surface area contributed by atoms with Crippen LogP contribution in [0, 0.1) is 0 Å². The minimum absolute atomic E-state index is 0.141.